The van der Waals surface area contributed by atoms with E-state index in [1.165, 1.54) is 42.5 Å². The smallest absolute Gasteiger partial charge is 0.261 e. The van der Waals surface area contributed by atoms with Gasteiger partial charge in [-0.15, -0.1) is 0 Å². The molecule has 2 amide bonds. The van der Waals surface area contributed by atoms with E-state index in [0.29, 0.717) is 28.4 Å². The van der Waals surface area contributed by atoms with Crippen molar-refractivity contribution in [3.63, 3.8) is 0 Å². The highest BCUT2D eigenvalue weighted by Crippen LogP contribution is 2.32. The number of hydrogen-bond donors (Lipinski definition) is 3. The largest absolute Gasteiger partial charge is 0.326 e. The summed E-state index contributed by atoms with van der Waals surface area (Å²) in [5, 5.41) is 5.79. The molecular weight excluding hydrogens is 412 g/mol. The zero-order chi connectivity index (χ0) is 21.2. The number of rotatable bonds is 6. The van der Waals surface area contributed by atoms with E-state index in [4.69, 9.17) is 0 Å². The van der Waals surface area contributed by atoms with Crippen LogP contribution in [0.1, 0.15) is 25.8 Å². The van der Waals surface area contributed by atoms with Gasteiger partial charge in [-0.25, -0.2) is 13.4 Å². The van der Waals surface area contributed by atoms with Gasteiger partial charge in [-0.3, -0.25) is 14.3 Å². The minimum absolute atomic E-state index is 0.0737. The van der Waals surface area contributed by atoms with E-state index in [-0.39, 0.29) is 16.7 Å². The summed E-state index contributed by atoms with van der Waals surface area (Å²) < 4.78 is 28.7. The van der Waals surface area contributed by atoms with Crippen molar-refractivity contribution in [1.29, 1.82) is 0 Å². The van der Waals surface area contributed by atoms with Crippen molar-refractivity contribution in [3.8, 4) is 0 Å². The van der Waals surface area contributed by atoms with Crippen molar-refractivity contribution < 1.29 is 18.0 Å². The summed E-state index contributed by atoms with van der Waals surface area (Å²) in [7, 11) is -3.81. The molecule has 29 heavy (non-hydrogen) atoms. The highest BCUT2D eigenvalue weighted by molar-refractivity contribution is 7.92. The zero-order valence-corrected chi connectivity index (χ0v) is 17.7. The third-order valence-electron chi connectivity index (χ3n) is 3.99. The van der Waals surface area contributed by atoms with Crippen molar-refractivity contribution in [2.24, 2.45) is 0 Å². The molecule has 0 bridgehead atoms. The highest BCUT2D eigenvalue weighted by Gasteiger charge is 2.16. The normalized spacial score (nSPS) is 11.3. The van der Waals surface area contributed by atoms with Crippen LogP contribution in [0.4, 0.5) is 16.5 Å². The van der Waals surface area contributed by atoms with Gasteiger partial charge in [0.2, 0.25) is 11.8 Å². The van der Waals surface area contributed by atoms with Crippen LogP contribution in [0.25, 0.3) is 10.2 Å². The van der Waals surface area contributed by atoms with Gasteiger partial charge < -0.3 is 10.6 Å². The molecule has 2 aromatic carbocycles. The van der Waals surface area contributed by atoms with Crippen molar-refractivity contribution >= 4 is 59.9 Å². The molecule has 0 atom stereocenters. The molecule has 10 heteroatoms. The first-order valence-electron chi connectivity index (χ1n) is 8.79. The predicted molar refractivity (Wildman–Crippen MR) is 115 cm³/mol. The number of anilines is 3. The van der Waals surface area contributed by atoms with E-state index < -0.39 is 10.0 Å². The molecule has 0 spiro atoms. The quantitative estimate of drug-likeness (QED) is 0.549. The molecule has 0 unspecified atom stereocenters. The Kier molecular flexibility index (Phi) is 5.85. The second kappa shape index (κ2) is 8.18. The summed E-state index contributed by atoms with van der Waals surface area (Å²) in [5.74, 6) is -0.369. The summed E-state index contributed by atoms with van der Waals surface area (Å²) >= 11 is 1.28. The fraction of sp³-hybridized carbons (Fsp3) is 0.211. The topological polar surface area (TPSA) is 117 Å². The first-order valence-corrected chi connectivity index (χ1v) is 11.1. The van der Waals surface area contributed by atoms with Gasteiger partial charge in [0.15, 0.2) is 5.13 Å². The standard InChI is InChI=1S/C19H20N4O4S2/c1-4-17(25)21-19-22-18-11(2)9-14(10-16(18)28-19)23-29(26,27)15-7-5-13(6-8-15)20-12(3)24/h5-10,23H,4H2,1-3H3,(H,20,24)(H,21,22,25). The lowest BCUT2D eigenvalue weighted by atomic mass is 10.2. The molecule has 0 aliphatic heterocycles. The fourth-order valence-corrected chi connectivity index (χ4v) is 4.69. The first-order chi connectivity index (χ1) is 13.7. The second-order valence-electron chi connectivity index (χ2n) is 6.37. The summed E-state index contributed by atoms with van der Waals surface area (Å²) in [4.78, 5) is 27.1. The highest BCUT2D eigenvalue weighted by atomic mass is 32.2. The minimum atomic E-state index is -3.81. The lowest BCUT2D eigenvalue weighted by Gasteiger charge is -2.10. The fourth-order valence-electron chi connectivity index (χ4n) is 2.65. The molecule has 0 radical (unpaired) electrons. The van der Waals surface area contributed by atoms with E-state index in [9.17, 15) is 18.0 Å². The SMILES string of the molecule is CCC(=O)Nc1nc2c(C)cc(NS(=O)(=O)c3ccc(NC(C)=O)cc3)cc2s1. The van der Waals surface area contributed by atoms with E-state index in [2.05, 4.69) is 20.3 Å². The third-order valence-corrected chi connectivity index (χ3v) is 6.31. The average molecular weight is 433 g/mol. The van der Waals surface area contributed by atoms with Crippen molar-refractivity contribution in [1.82, 2.24) is 4.98 Å². The van der Waals surface area contributed by atoms with Crippen LogP contribution in [0.3, 0.4) is 0 Å². The Bertz CT molecular complexity index is 1180. The third kappa shape index (κ3) is 4.90. The number of nitrogens with zero attached hydrogens (tertiary/aromatic N) is 1. The molecule has 0 saturated heterocycles. The lowest BCUT2D eigenvalue weighted by molar-refractivity contribution is -0.116. The number of aryl methyl sites for hydroxylation is 1. The van der Waals surface area contributed by atoms with E-state index in [0.717, 1.165) is 10.3 Å². The first kappa shape index (κ1) is 20.7. The molecule has 1 aromatic heterocycles. The molecule has 0 aliphatic carbocycles. The summed E-state index contributed by atoms with van der Waals surface area (Å²) in [6.07, 6.45) is 0.348. The van der Waals surface area contributed by atoms with Gasteiger partial charge in [-0.2, -0.15) is 0 Å². The van der Waals surface area contributed by atoms with Crippen molar-refractivity contribution in [2.45, 2.75) is 32.1 Å². The van der Waals surface area contributed by atoms with Crippen LogP contribution in [-0.2, 0) is 19.6 Å². The predicted octanol–water partition coefficient (Wildman–Crippen LogP) is 3.71. The van der Waals surface area contributed by atoms with E-state index in [1.807, 2.05) is 6.92 Å². The molecule has 0 aliphatic rings. The van der Waals surface area contributed by atoms with Crippen LogP contribution in [-0.4, -0.2) is 25.2 Å². The van der Waals surface area contributed by atoms with E-state index in [1.54, 1.807) is 19.1 Å². The van der Waals surface area contributed by atoms with Crippen molar-refractivity contribution in [2.75, 3.05) is 15.4 Å². The molecule has 1 heterocycles. The molecule has 152 valence electrons. The number of nitrogens with one attached hydrogen (secondary N) is 3. The van der Waals surface area contributed by atoms with Gasteiger partial charge in [0.05, 0.1) is 20.8 Å². The maximum Gasteiger partial charge on any atom is 0.261 e. The number of aromatic nitrogens is 1. The van der Waals surface area contributed by atoms with Gasteiger partial charge >= 0.3 is 0 Å². The maximum atomic E-state index is 12.7. The number of hydrogen-bond acceptors (Lipinski definition) is 6. The number of fused-ring (bicyclic) bond motifs is 1. The zero-order valence-electron chi connectivity index (χ0n) is 16.1. The number of sulfonamides is 1. The Morgan fingerprint density at radius 2 is 1.76 bits per heavy atom. The molecule has 0 saturated carbocycles. The molecule has 3 aromatic rings. The van der Waals surface area contributed by atoms with Crippen LogP contribution in [0, 0.1) is 6.92 Å². The molecule has 0 fully saturated rings. The molecule has 3 rings (SSSR count). The second-order valence-corrected chi connectivity index (χ2v) is 9.08. The molecule has 3 N–H and O–H groups in total. The Morgan fingerprint density at radius 1 is 1.07 bits per heavy atom. The Hall–Kier alpha value is -2.98. The van der Waals surface area contributed by atoms with Gasteiger partial charge in [-0.1, -0.05) is 18.3 Å². The van der Waals surface area contributed by atoms with Crippen LogP contribution in [0.5, 0.6) is 0 Å². The number of carbonyl (C=O) groups is 2. The van der Waals surface area contributed by atoms with Gasteiger partial charge in [0.1, 0.15) is 0 Å². The van der Waals surface area contributed by atoms with Gasteiger partial charge in [0.25, 0.3) is 10.0 Å². The summed E-state index contributed by atoms with van der Waals surface area (Å²) in [5.41, 5.74) is 2.41. The monoisotopic (exact) mass is 432 g/mol. The number of carbonyl (C=O) groups excluding carboxylic acids is 2. The maximum absolute atomic E-state index is 12.7. The molecular formula is C19H20N4O4S2. The Morgan fingerprint density at radius 3 is 2.38 bits per heavy atom. The van der Waals surface area contributed by atoms with Crippen LogP contribution < -0.4 is 15.4 Å². The minimum Gasteiger partial charge on any atom is -0.326 e. The van der Waals surface area contributed by atoms with Crippen LogP contribution in [0.2, 0.25) is 0 Å². The van der Waals surface area contributed by atoms with Crippen molar-refractivity contribution in [3.05, 3.63) is 42.0 Å². The average Bonchev–Trinajstić information content (AvgIpc) is 3.04. The van der Waals surface area contributed by atoms with Crippen LogP contribution >= 0.6 is 11.3 Å². The number of thiazole rings is 1. The number of amides is 2. The van der Waals surface area contributed by atoms with Gasteiger partial charge in [-0.05, 0) is 48.9 Å². The lowest BCUT2D eigenvalue weighted by Crippen LogP contribution is -2.13. The van der Waals surface area contributed by atoms with Crippen LogP contribution in [0.15, 0.2) is 41.3 Å². The number of benzene rings is 2. The summed E-state index contributed by atoms with van der Waals surface area (Å²) in [6.45, 7) is 4.96. The molecule has 8 nitrogen and oxygen atoms in total. The Balaban J connectivity index is 1.86. The van der Waals surface area contributed by atoms with Gasteiger partial charge in [0, 0.05) is 19.0 Å². The van der Waals surface area contributed by atoms with E-state index >= 15 is 0 Å². The summed E-state index contributed by atoms with van der Waals surface area (Å²) in [6, 6.07) is 9.27. The Labute approximate surface area is 172 Å².